The molecule has 4 rings (SSSR count). The molecule has 1 aromatic carbocycles. The van der Waals surface area contributed by atoms with E-state index in [0.29, 0.717) is 11.6 Å². The Morgan fingerprint density at radius 3 is 2.88 bits per heavy atom. The van der Waals surface area contributed by atoms with Crippen molar-refractivity contribution in [2.75, 3.05) is 7.11 Å². The lowest BCUT2D eigenvalue weighted by atomic mass is 9.80. The maximum atomic E-state index is 12.6. The van der Waals surface area contributed by atoms with Crippen LogP contribution >= 0.6 is 0 Å². The lowest BCUT2D eigenvalue weighted by Gasteiger charge is -2.35. The molecule has 1 N–H and O–H groups in total. The van der Waals surface area contributed by atoms with E-state index < -0.39 is 0 Å². The fourth-order valence-electron chi connectivity index (χ4n) is 4.20. The van der Waals surface area contributed by atoms with Crippen LogP contribution in [0.4, 0.5) is 0 Å². The minimum atomic E-state index is -0.0767. The molecule has 132 valence electrons. The van der Waals surface area contributed by atoms with Gasteiger partial charge < -0.3 is 10.1 Å². The van der Waals surface area contributed by atoms with E-state index in [1.165, 1.54) is 11.3 Å². The Labute approximate surface area is 148 Å². The topological polar surface area (TPSA) is 56.1 Å². The number of carbonyl (C=O) groups is 1. The third-order valence-electron chi connectivity index (χ3n) is 5.58. The minimum absolute atomic E-state index is 0.0392. The Balaban J connectivity index is 1.41. The predicted molar refractivity (Wildman–Crippen MR) is 95.6 cm³/mol. The van der Waals surface area contributed by atoms with E-state index in [1.54, 1.807) is 7.11 Å². The molecule has 1 amide bonds. The first kappa shape index (κ1) is 16.3. The highest BCUT2D eigenvalue weighted by Crippen LogP contribution is 2.34. The first-order valence-electron chi connectivity index (χ1n) is 9.20. The van der Waals surface area contributed by atoms with Gasteiger partial charge in [-0.15, -0.1) is 0 Å². The maximum absolute atomic E-state index is 12.6. The molecule has 5 nitrogen and oxygen atoms in total. The van der Waals surface area contributed by atoms with Crippen LogP contribution in [0.3, 0.4) is 0 Å². The summed E-state index contributed by atoms with van der Waals surface area (Å²) in [6.07, 6.45) is 5.11. The van der Waals surface area contributed by atoms with E-state index in [-0.39, 0.29) is 18.1 Å². The summed E-state index contributed by atoms with van der Waals surface area (Å²) in [5, 5.41) is 7.59. The van der Waals surface area contributed by atoms with Crippen LogP contribution in [0.15, 0.2) is 36.4 Å². The van der Waals surface area contributed by atoms with E-state index in [1.807, 2.05) is 16.8 Å². The van der Waals surface area contributed by atoms with Crippen molar-refractivity contribution >= 4 is 5.91 Å². The van der Waals surface area contributed by atoms with Gasteiger partial charge in [0.25, 0.3) is 5.91 Å². The van der Waals surface area contributed by atoms with Crippen molar-refractivity contribution in [1.82, 2.24) is 15.1 Å². The molecule has 1 aromatic heterocycles. The van der Waals surface area contributed by atoms with Gasteiger partial charge in [-0.1, -0.05) is 30.3 Å². The van der Waals surface area contributed by atoms with E-state index in [2.05, 4.69) is 34.7 Å². The Bertz CT molecular complexity index is 719. The van der Waals surface area contributed by atoms with Crippen molar-refractivity contribution in [2.24, 2.45) is 0 Å². The van der Waals surface area contributed by atoms with Crippen LogP contribution in [0, 0.1) is 0 Å². The van der Waals surface area contributed by atoms with Gasteiger partial charge in [0.1, 0.15) is 5.69 Å². The molecule has 2 aromatic rings. The smallest absolute Gasteiger partial charge is 0.272 e. The Hall–Kier alpha value is -2.14. The summed E-state index contributed by atoms with van der Waals surface area (Å²) in [5.74, 6) is 0.419. The molecule has 1 aliphatic carbocycles. The van der Waals surface area contributed by atoms with Crippen LogP contribution in [0.25, 0.3) is 0 Å². The third-order valence-corrected chi connectivity index (χ3v) is 5.58. The lowest BCUT2D eigenvalue weighted by Crippen LogP contribution is -2.47. The van der Waals surface area contributed by atoms with Crippen LogP contribution in [-0.4, -0.2) is 34.9 Å². The van der Waals surface area contributed by atoms with Crippen LogP contribution in [0.2, 0.25) is 0 Å². The van der Waals surface area contributed by atoms with E-state index in [4.69, 9.17) is 4.74 Å². The van der Waals surface area contributed by atoms with Gasteiger partial charge in [0.2, 0.25) is 0 Å². The van der Waals surface area contributed by atoms with Crippen molar-refractivity contribution in [1.29, 1.82) is 0 Å². The molecule has 1 aliphatic heterocycles. The van der Waals surface area contributed by atoms with Crippen LogP contribution < -0.4 is 5.32 Å². The molecule has 2 aliphatic rings. The van der Waals surface area contributed by atoms with E-state index in [0.717, 1.165) is 38.6 Å². The van der Waals surface area contributed by atoms with Crippen LogP contribution in [0.1, 0.15) is 53.3 Å². The van der Waals surface area contributed by atoms with Crippen molar-refractivity contribution < 1.29 is 9.53 Å². The fourth-order valence-corrected chi connectivity index (χ4v) is 4.20. The largest absolute Gasteiger partial charge is 0.379 e. The number of nitrogens with zero attached hydrogens (tertiary/aromatic N) is 2. The third kappa shape index (κ3) is 3.33. The monoisotopic (exact) mass is 339 g/mol. The summed E-state index contributed by atoms with van der Waals surface area (Å²) in [5.41, 5.74) is 3.07. The Kier molecular flexibility index (Phi) is 4.57. The zero-order chi connectivity index (χ0) is 17.2. The molecule has 25 heavy (non-hydrogen) atoms. The minimum Gasteiger partial charge on any atom is -0.379 e. The lowest BCUT2D eigenvalue weighted by molar-refractivity contribution is 0.0329. The summed E-state index contributed by atoms with van der Waals surface area (Å²) in [6.45, 7) is 0.922. The van der Waals surface area contributed by atoms with Crippen molar-refractivity contribution in [3.8, 4) is 0 Å². The first-order chi connectivity index (χ1) is 12.2. The number of hydrogen-bond donors (Lipinski definition) is 1. The number of ether oxygens (including phenoxy) is 1. The predicted octanol–water partition coefficient (Wildman–Crippen LogP) is 2.91. The quantitative estimate of drug-likeness (QED) is 0.932. The average molecular weight is 339 g/mol. The second-order valence-electron chi connectivity index (χ2n) is 7.12. The van der Waals surface area contributed by atoms with Gasteiger partial charge in [0, 0.05) is 19.3 Å². The van der Waals surface area contributed by atoms with Crippen molar-refractivity contribution in [3.63, 3.8) is 0 Å². The number of fused-ring (bicyclic) bond motifs is 1. The molecule has 0 spiro atoms. The summed E-state index contributed by atoms with van der Waals surface area (Å²) in [6, 6.07) is 12.6. The molecule has 0 radical (unpaired) electrons. The highest BCUT2D eigenvalue weighted by atomic mass is 16.5. The van der Waals surface area contributed by atoms with Crippen molar-refractivity contribution in [3.05, 3.63) is 53.3 Å². The number of rotatable bonds is 4. The normalized spacial score (nSPS) is 25.6. The second-order valence-corrected chi connectivity index (χ2v) is 7.12. The molecule has 3 unspecified atom stereocenters. The molecule has 2 heterocycles. The first-order valence-corrected chi connectivity index (χ1v) is 9.20. The number of aryl methyl sites for hydroxylation is 2. The van der Waals surface area contributed by atoms with Crippen molar-refractivity contribution in [2.45, 2.75) is 56.7 Å². The highest BCUT2D eigenvalue weighted by Gasteiger charge is 2.33. The zero-order valence-electron chi connectivity index (χ0n) is 14.6. The molecule has 1 fully saturated rings. The van der Waals surface area contributed by atoms with Crippen LogP contribution in [-0.2, 0) is 17.7 Å². The number of aromatic nitrogens is 2. The Morgan fingerprint density at radius 1 is 1.28 bits per heavy atom. The molecular formula is C20H25N3O2. The molecular weight excluding hydrogens is 314 g/mol. The van der Waals surface area contributed by atoms with Crippen LogP contribution in [0.5, 0.6) is 0 Å². The van der Waals surface area contributed by atoms with Gasteiger partial charge in [0.15, 0.2) is 0 Å². The SMILES string of the molecule is COC1CC(c2ccccc2)CCC1NC(=O)c1cc2n(n1)CCC2. The molecule has 1 saturated carbocycles. The zero-order valence-corrected chi connectivity index (χ0v) is 14.6. The summed E-state index contributed by atoms with van der Waals surface area (Å²) in [7, 11) is 1.74. The van der Waals surface area contributed by atoms with Gasteiger partial charge in [-0.25, -0.2) is 0 Å². The standard InChI is InChI=1S/C20H25N3O2/c1-25-19-12-15(14-6-3-2-4-7-14)9-10-17(19)21-20(24)18-13-16-8-5-11-23(16)22-18/h2-4,6-7,13,15,17,19H,5,8-12H2,1H3,(H,21,24). The number of amides is 1. The van der Waals surface area contributed by atoms with Gasteiger partial charge >= 0.3 is 0 Å². The number of methoxy groups -OCH3 is 1. The number of hydrogen-bond acceptors (Lipinski definition) is 3. The molecule has 3 atom stereocenters. The summed E-state index contributed by atoms with van der Waals surface area (Å²) in [4.78, 5) is 12.6. The highest BCUT2D eigenvalue weighted by molar-refractivity contribution is 5.92. The van der Waals surface area contributed by atoms with Gasteiger partial charge in [-0.3, -0.25) is 9.48 Å². The molecule has 0 saturated heterocycles. The molecule has 0 bridgehead atoms. The second kappa shape index (κ2) is 7.00. The van der Waals surface area contributed by atoms with Gasteiger partial charge in [0.05, 0.1) is 12.1 Å². The van der Waals surface area contributed by atoms with E-state index in [9.17, 15) is 4.79 Å². The number of nitrogens with one attached hydrogen (secondary N) is 1. The van der Waals surface area contributed by atoms with Gasteiger partial charge in [-0.2, -0.15) is 5.10 Å². The number of benzene rings is 1. The maximum Gasteiger partial charge on any atom is 0.272 e. The van der Waals surface area contributed by atoms with Gasteiger partial charge in [-0.05, 0) is 49.7 Å². The summed E-state index contributed by atoms with van der Waals surface area (Å²) >= 11 is 0. The molecule has 5 heteroatoms. The van der Waals surface area contributed by atoms with E-state index >= 15 is 0 Å². The average Bonchev–Trinajstić information content (AvgIpc) is 3.25. The summed E-state index contributed by atoms with van der Waals surface area (Å²) < 4.78 is 7.67. The fraction of sp³-hybridized carbons (Fsp3) is 0.500. The number of carbonyl (C=O) groups excluding carboxylic acids is 1. The Morgan fingerprint density at radius 2 is 2.12 bits per heavy atom.